The highest BCUT2D eigenvalue weighted by Gasteiger charge is 2.44. The van der Waals surface area contributed by atoms with Gasteiger partial charge in [-0.05, 0) is 73.6 Å². The van der Waals surface area contributed by atoms with Crippen LogP contribution < -0.4 is 26.6 Å². The summed E-state index contributed by atoms with van der Waals surface area (Å²) in [5.41, 5.74) is 7.20. The quantitative estimate of drug-likeness (QED) is 0.0642. The Kier molecular flexibility index (Phi) is 15.8. The van der Waals surface area contributed by atoms with Gasteiger partial charge >= 0.3 is 6.03 Å². The van der Waals surface area contributed by atoms with Gasteiger partial charge < -0.3 is 46.1 Å². The Labute approximate surface area is 381 Å². The van der Waals surface area contributed by atoms with Gasteiger partial charge in [-0.15, -0.1) is 11.3 Å². The lowest BCUT2D eigenvalue weighted by Crippen LogP contribution is -2.58. The fourth-order valence-corrected chi connectivity index (χ4v) is 8.32. The number of fused-ring (bicyclic) bond motifs is 1. The summed E-state index contributed by atoms with van der Waals surface area (Å²) in [4.78, 5) is 73.4. The first-order valence-electron chi connectivity index (χ1n) is 21.3. The number of aromatic nitrogens is 4. The summed E-state index contributed by atoms with van der Waals surface area (Å²) < 4.78 is 26.0. The van der Waals surface area contributed by atoms with Crippen LogP contribution in [0.15, 0.2) is 54.2 Å². The number of ether oxygens (including phenoxy) is 2. The maximum atomic E-state index is 15.0. The maximum absolute atomic E-state index is 15.0. The molecule has 0 bridgehead atoms. The van der Waals surface area contributed by atoms with Crippen LogP contribution in [0.25, 0.3) is 32.6 Å². The van der Waals surface area contributed by atoms with Crippen LogP contribution in [0.3, 0.4) is 0 Å². The number of benzene rings is 2. The van der Waals surface area contributed by atoms with Crippen molar-refractivity contribution in [3.63, 3.8) is 0 Å². The van der Waals surface area contributed by atoms with Gasteiger partial charge in [0.25, 0.3) is 0 Å². The first-order valence-corrected chi connectivity index (χ1v) is 22.2. The average Bonchev–Trinajstić information content (AvgIpc) is 3.88. The number of nitrogens with one attached hydrogen (secondary N) is 5. The first-order chi connectivity index (χ1) is 30.9. The third-order valence-electron chi connectivity index (χ3n) is 11.0. The molecule has 5 aromatic rings. The summed E-state index contributed by atoms with van der Waals surface area (Å²) in [6, 6.07) is 9.70. The zero-order valence-corrected chi connectivity index (χ0v) is 38.7. The number of likely N-dealkylation sites (tertiary alicyclic amines) is 1. The average molecular weight is 913 g/mol. The van der Waals surface area contributed by atoms with Crippen molar-refractivity contribution in [2.75, 3.05) is 57.2 Å². The van der Waals surface area contributed by atoms with Crippen molar-refractivity contribution in [3.8, 4) is 21.6 Å². The lowest BCUT2D eigenvalue weighted by molar-refractivity contribution is -0.144. The van der Waals surface area contributed by atoms with E-state index < -0.39 is 53.2 Å². The zero-order valence-electron chi connectivity index (χ0n) is 37.9. The molecule has 346 valence electrons. The van der Waals surface area contributed by atoms with E-state index >= 15 is 0 Å². The van der Waals surface area contributed by atoms with Crippen LogP contribution in [0.4, 0.5) is 20.8 Å². The first kappa shape index (κ1) is 48.3. The Balaban J connectivity index is 0.924. The Morgan fingerprint density at radius 1 is 0.954 bits per heavy atom. The summed E-state index contributed by atoms with van der Waals surface area (Å²) in [6.07, 6.45) is 0.813. The molecular formula is C46H57FN10O7S. The highest BCUT2D eigenvalue weighted by molar-refractivity contribution is 7.13. The molecule has 19 heteroatoms. The van der Waals surface area contributed by atoms with E-state index in [-0.39, 0.29) is 57.7 Å². The Morgan fingerprint density at radius 2 is 1.69 bits per heavy atom. The number of anilines is 2. The van der Waals surface area contributed by atoms with E-state index in [2.05, 4.69) is 46.5 Å². The smallest absolute Gasteiger partial charge is 0.319 e. The molecule has 1 fully saturated rings. The Morgan fingerprint density at radius 3 is 2.38 bits per heavy atom. The van der Waals surface area contributed by atoms with Crippen molar-refractivity contribution in [1.82, 2.24) is 40.8 Å². The van der Waals surface area contributed by atoms with E-state index in [1.807, 2.05) is 51.1 Å². The largest absolute Gasteiger partial charge is 0.391 e. The standard InChI is InChI=1S/C46H57FN10O7S/c1-25-17-35(47)36(20-33(25)34-18-31-21-50-44(48-8)56-41(31)52-27(34)3)54-45(62)49-13-14-63-15-16-64-23-38(59)55-40(46(5,6)7)43(61)57-22-32(58)19-37(57)42(60)53-26(2)29-9-11-30(12-10-29)39-28(4)51-24-65-39/h9-12,17-18,20-21,24,26,32,37,40,58H,13-16,19,22-23H2,1-8H3,(H,53,60)(H,55,59)(H2,49,54,62)(H,48,50,52,56)/t26-,32+,37-,40-/m0/s1. The Hall–Kier alpha value is -6.15. The number of halogens is 1. The number of rotatable bonds is 17. The molecular weight excluding hydrogens is 856 g/mol. The number of carbonyl (C=O) groups is 4. The van der Waals surface area contributed by atoms with Crippen LogP contribution in [0.1, 0.15) is 62.7 Å². The van der Waals surface area contributed by atoms with Crippen LogP contribution >= 0.6 is 11.3 Å². The molecule has 0 unspecified atom stereocenters. The van der Waals surface area contributed by atoms with Gasteiger partial charge in [-0.25, -0.2) is 24.1 Å². The van der Waals surface area contributed by atoms with Gasteiger partial charge in [0.2, 0.25) is 23.7 Å². The number of β-amino-alcohol motifs (C(OH)–C–C–N with tert-alkyl or cyclic N) is 1. The lowest BCUT2D eigenvalue weighted by atomic mass is 9.85. The molecule has 0 aliphatic carbocycles. The fourth-order valence-electron chi connectivity index (χ4n) is 7.51. The molecule has 6 rings (SSSR count). The third kappa shape index (κ3) is 12.2. The summed E-state index contributed by atoms with van der Waals surface area (Å²) in [5.74, 6) is -1.58. The minimum Gasteiger partial charge on any atom is -0.391 e. The molecule has 2 aromatic carbocycles. The molecule has 0 spiro atoms. The van der Waals surface area contributed by atoms with E-state index in [4.69, 9.17) is 9.47 Å². The fraction of sp³-hybridized carbons (Fsp3) is 0.435. The van der Waals surface area contributed by atoms with Crippen molar-refractivity contribution >= 4 is 57.8 Å². The zero-order chi connectivity index (χ0) is 47.0. The van der Waals surface area contributed by atoms with Gasteiger partial charge in [-0.1, -0.05) is 45.0 Å². The molecule has 6 N–H and O–H groups in total. The minimum absolute atomic E-state index is 0.0124. The van der Waals surface area contributed by atoms with E-state index in [0.29, 0.717) is 33.8 Å². The maximum Gasteiger partial charge on any atom is 0.319 e. The number of pyridine rings is 1. The van der Waals surface area contributed by atoms with Gasteiger partial charge in [0.1, 0.15) is 24.5 Å². The summed E-state index contributed by atoms with van der Waals surface area (Å²) in [7, 11) is 1.72. The van der Waals surface area contributed by atoms with Gasteiger partial charge in [0.15, 0.2) is 5.65 Å². The van der Waals surface area contributed by atoms with Gasteiger partial charge in [-0.2, -0.15) is 4.98 Å². The summed E-state index contributed by atoms with van der Waals surface area (Å²) in [5, 5.41) is 25.2. The number of hydrogen-bond donors (Lipinski definition) is 6. The molecule has 65 heavy (non-hydrogen) atoms. The number of hydrogen-bond acceptors (Lipinski definition) is 13. The number of aliphatic hydroxyl groups excluding tert-OH is 1. The van der Waals surface area contributed by atoms with Crippen LogP contribution in [0, 0.1) is 32.0 Å². The van der Waals surface area contributed by atoms with Crippen LogP contribution in [0.2, 0.25) is 0 Å². The second kappa shape index (κ2) is 21.2. The number of amides is 5. The number of carbonyl (C=O) groups excluding carboxylic acids is 4. The molecule has 0 saturated carbocycles. The topological polar surface area (TPSA) is 222 Å². The second-order valence-electron chi connectivity index (χ2n) is 17.1. The highest BCUT2D eigenvalue weighted by atomic mass is 32.1. The molecule has 1 aliphatic rings. The molecule has 4 atom stereocenters. The minimum atomic E-state index is -1.02. The van der Waals surface area contributed by atoms with Crippen molar-refractivity contribution in [3.05, 3.63) is 82.5 Å². The number of aliphatic hydroxyl groups is 1. The van der Waals surface area contributed by atoms with Crippen molar-refractivity contribution in [1.29, 1.82) is 0 Å². The van der Waals surface area contributed by atoms with Crippen molar-refractivity contribution in [2.45, 2.75) is 79.1 Å². The summed E-state index contributed by atoms with van der Waals surface area (Å²) in [6.45, 7) is 12.8. The number of urea groups is 1. The molecule has 0 radical (unpaired) electrons. The van der Waals surface area contributed by atoms with Gasteiger partial charge in [0, 0.05) is 49.4 Å². The lowest BCUT2D eigenvalue weighted by Gasteiger charge is -2.35. The van der Waals surface area contributed by atoms with E-state index in [1.165, 1.54) is 11.0 Å². The number of nitrogens with zero attached hydrogens (tertiary/aromatic N) is 5. The van der Waals surface area contributed by atoms with Gasteiger partial charge in [0.05, 0.1) is 53.7 Å². The van der Waals surface area contributed by atoms with Gasteiger partial charge in [-0.3, -0.25) is 14.4 Å². The van der Waals surface area contributed by atoms with E-state index in [9.17, 15) is 28.7 Å². The third-order valence-corrected chi connectivity index (χ3v) is 12.0. The predicted molar refractivity (Wildman–Crippen MR) is 247 cm³/mol. The molecule has 1 aliphatic heterocycles. The van der Waals surface area contributed by atoms with Crippen molar-refractivity contribution < 1.29 is 38.1 Å². The van der Waals surface area contributed by atoms with Crippen molar-refractivity contribution in [2.24, 2.45) is 5.41 Å². The molecule has 5 amide bonds. The summed E-state index contributed by atoms with van der Waals surface area (Å²) >= 11 is 1.56. The molecule has 4 heterocycles. The normalized spacial score (nSPS) is 15.9. The molecule has 1 saturated heterocycles. The van der Waals surface area contributed by atoms with Crippen LogP contribution in [-0.4, -0.2) is 118 Å². The highest BCUT2D eigenvalue weighted by Crippen LogP contribution is 2.33. The molecule has 3 aromatic heterocycles. The number of thiazole rings is 1. The second-order valence-corrected chi connectivity index (χ2v) is 17.9. The Bertz CT molecular complexity index is 2510. The monoisotopic (exact) mass is 912 g/mol. The van der Waals surface area contributed by atoms with E-state index in [0.717, 1.165) is 27.3 Å². The SMILES string of the molecule is CNc1ncc2cc(-c3cc(NC(=O)NCCOCCOCC(=O)N[C@@H](C(=O)N4C[C@H](O)C[C@H]4C(=O)N[C@@H](C)c4ccc(-c5scnc5C)cc4)C(C)(C)C)c(F)cc3C)c(C)nc2n1. The van der Waals surface area contributed by atoms with E-state index in [1.54, 1.807) is 63.9 Å². The molecule has 17 nitrogen and oxygen atoms in total. The van der Waals surface area contributed by atoms with Crippen LogP contribution in [-0.2, 0) is 23.9 Å². The number of aryl methyl sites for hydroxylation is 3. The van der Waals surface area contributed by atoms with Crippen LogP contribution in [0.5, 0.6) is 0 Å². The predicted octanol–water partition coefficient (Wildman–Crippen LogP) is 5.45.